The molecule has 2 aromatic rings. The van der Waals surface area contributed by atoms with Crippen LogP contribution in [-0.4, -0.2) is 29.3 Å². The largest absolute Gasteiger partial charge is 0.466 e. The number of carbonyl (C=O) groups excluding carboxylic acids is 1. The highest BCUT2D eigenvalue weighted by Crippen LogP contribution is 2.37. The number of hydrogen-bond acceptors (Lipinski definition) is 5. The quantitative estimate of drug-likeness (QED) is 0.779. The summed E-state index contributed by atoms with van der Waals surface area (Å²) in [6, 6.07) is 6.16. The summed E-state index contributed by atoms with van der Waals surface area (Å²) in [4.78, 5) is 22.3. The first-order chi connectivity index (χ1) is 11.8. The number of nitrogens with one attached hydrogen (secondary N) is 2. The van der Waals surface area contributed by atoms with Gasteiger partial charge in [0.15, 0.2) is 0 Å². The van der Waals surface area contributed by atoms with Gasteiger partial charge in [-0.05, 0) is 25.1 Å². The normalized spacial score (nSPS) is 11.2. The third-order valence-corrected chi connectivity index (χ3v) is 3.25. The van der Waals surface area contributed by atoms with Gasteiger partial charge in [-0.25, -0.2) is 5.10 Å². The van der Waals surface area contributed by atoms with Crippen molar-refractivity contribution in [3.05, 3.63) is 46.2 Å². The molecule has 0 aliphatic carbocycles. The number of ether oxygens (including phenoxy) is 1. The zero-order chi connectivity index (χ0) is 18.4. The fourth-order valence-corrected chi connectivity index (χ4v) is 2.13. The monoisotopic (exact) mass is 355 g/mol. The van der Waals surface area contributed by atoms with E-state index in [-0.39, 0.29) is 36.5 Å². The number of nitrogens with zero attached hydrogens (tertiary/aromatic N) is 1. The van der Waals surface area contributed by atoms with Crippen LogP contribution in [-0.2, 0) is 15.7 Å². The predicted octanol–water partition coefficient (Wildman–Crippen LogP) is 2.82. The van der Waals surface area contributed by atoms with E-state index >= 15 is 0 Å². The molecule has 0 bridgehead atoms. The Bertz CT molecular complexity index is 783. The van der Waals surface area contributed by atoms with Gasteiger partial charge in [0, 0.05) is 23.9 Å². The van der Waals surface area contributed by atoms with E-state index in [0.29, 0.717) is 0 Å². The van der Waals surface area contributed by atoms with Crippen molar-refractivity contribution in [1.82, 2.24) is 10.2 Å². The number of rotatable bonds is 6. The van der Waals surface area contributed by atoms with Gasteiger partial charge >= 0.3 is 12.1 Å². The Hall–Kier alpha value is -2.84. The Kier molecular flexibility index (Phi) is 5.79. The Balaban J connectivity index is 2.24. The van der Waals surface area contributed by atoms with Gasteiger partial charge in [-0.3, -0.25) is 9.59 Å². The van der Waals surface area contributed by atoms with Crippen molar-refractivity contribution in [3.8, 4) is 11.3 Å². The van der Waals surface area contributed by atoms with E-state index in [4.69, 9.17) is 4.74 Å². The topological polar surface area (TPSA) is 84.1 Å². The molecular formula is C16H16F3N3O3. The Morgan fingerprint density at radius 3 is 2.64 bits per heavy atom. The first-order valence-corrected chi connectivity index (χ1v) is 7.48. The van der Waals surface area contributed by atoms with Crippen molar-refractivity contribution in [2.45, 2.75) is 19.5 Å². The fraction of sp³-hybridized carbons (Fsp3) is 0.312. The van der Waals surface area contributed by atoms with Crippen molar-refractivity contribution in [2.24, 2.45) is 0 Å². The lowest BCUT2D eigenvalue weighted by Crippen LogP contribution is -2.15. The Labute approximate surface area is 141 Å². The van der Waals surface area contributed by atoms with Gasteiger partial charge in [-0.1, -0.05) is 6.07 Å². The van der Waals surface area contributed by atoms with Crippen LogP contribution in [0.5, 0.6) is 0 Å². The van der Waals surface area contributed by atoms with Crippen molar-refractivity contribution in [1.29, 1.82) is 0 Å². The molecule has 134 valence electrons. The van der Waals surface area contributed by atoms with Gasteiger partial charge in [0.1, 0.15) is 0 Å². The molecule has 1 aromatic heterocycles. The zero-order valence-corrected chi connectivity index (χ0v) is 13.3. The summed E-state index contributed by atoms with van der Waals surface area (Å²) in [6.45, 7) is 1.88. The standard InChI is InChI=1S/C16H16F3N3O3/c1-2-25-15(24)7-8-20-13-4-3-10(9-11(13)16(17,18)19)12-5-6-14(23)22-21-12/h3-6,9,20H,2,7-8H2,1H3,(H,22,23). The smallest absolute Gasteiger partial charge is 0.418 e. The maximum atomic E-state index is 13.3. The van der Waals surface area contributed by atoms with Crippen molar-refractivity contribution >= 4 is 11.7 Å². The molecule has 0 unspecified atom stereocenters. The SMILES string of the molecule is CCOC(=O)CCNc1ccc(-c2ccc(=O)[nH]n2)cc1C(F)(F)F. The Morgan fingerprint density at radius 1 is 1.28 bits per heavy atom. The predicted molar refractivity (Wildman–Crippen MR) is 85.0 cm³/mol. The average Bonchev–Trinajstić information content (AvgIpc) is 2.55. The minimum Gasteiger partial charge on any atom is -0.466 e. The second kappa shape index (κ2) is 7.82. The summed E-state index contributed by atoms with van der Waals surface area (Å²) in [6.07, 6.45) is -4.64. The molecule has 2 N–H and O–H groups in total. The molecule has 0 aliphatic rings. The number of esters is 1. The van der Waals surface area contributed by atoms with Crippen LogP contribution in [0.25, 0.3) is 11.3 Å². The first-order valence-electron chi connectivity index (χ1n) is 7.48. The molecule has 6 nitrogen and oxygen atoms in total. The summed E-state index contributed by atoms with van der Waals surface area (Å²) in [7, 11) is 0. The summed E-state index contributed by atoms with van der Waals surface area (Å²) < 4.78 is 44.6. The van der Waals surface area contributed by atoms with Crippen LogP contribution in [0.2, 0.25) is 0 Å². The zero-order valence-electron chi connectivity index (χ0n) is 13.3. The highest BCUT2D eigenvalue weighted by molar-refractivity contribution is 5.71. The van der Waals surface area contributed by atoms with Gasteiger partial charge in [0.25, 0.3) is 5.56 Å². The summed E-state index contributed by atoms with van der Waals surface area (Å²) in [5, 5.41) is 8.49. The van der Waals surface area contributed by atoms with E-state index in [1.165, 1.54) is 24.3 Å². The molecule has 2 rings (SSSR count). The lowest BCUT2D eigenvalue weighted by molar-refractivity contribution is -0.142. The minimum atomic E-state index is -4.59. The first kappa shape index (κ1) is 18.5. The highest BCUT2D eigenvalue weighted by atomic mass is 19.4. The molecule has 0 fully saturated rings. The number of aromatic amines is 1. The van der Waals surface area contributed by atoms with Crippen molar-refractivity contribution < 1.29 is 22.7 Å². The third kappa shape index (κ3) is 5.07. The molecule has 0 saturated carbocycles. The van der Waals surface area contributed by atoms with Gasteiger partial charge in [0.2, 0.25) is 0 Å². The van der Waals surface area contributed by atoms with Gasteiger partial charge in [-0.2, -0.15) is 18.3 Å². The molecule has 0 amide bonds. The number of halogens is 3. The second-order valence-corrected chi connectivity index (χ2v) is 5.05. The van der Waals surface area contributed by atoms with Gasteiger partial charge in [0.05, 0.1) is 24.3 Å². The van der Waals surface area contributed by atoms with E-state index in [1.807, 2.05) is 0 Å². The molecule has 0 spiro atoms. The van der Waals surface area contributed by atoms with Gasteiger partial charge < -0.3 is 10.1 Å². The minimum absolute atomic E-state index is 0.0121. The lowest BCUT2D eigenvalue weighted by atomic mass is 10.1. The van der Waals surface area contributed by atoms with Crippen LogP contribution in [0.1, 0.15) is 18.9 Å². The molecule has 1 heterocycles. The van der Waals surface area contributed by atoms with E-state index < -0.39 is 23.3 Å². The van der Waals surface area contributed by atoms with Crippen LogP contribution < -0.4 is 10.9 Å². The summed E-state index contributed by atoms with van der Waals surface area (Å²) in [5.41, 5.74) is -1.06. The maximum Gasteiger partial charge on any atom is 0.418 e. The van der Waals surface area contributed by atoms with Crippen molar-refractivity contribution in [2.75, 3.05) is 18.5 Å². The molecule has 9 heteroatoms. The lowest BCUT2D eigenvalue weighted by Gasteiger charge is -2.15. The molecular weight excluding hydrogens is 339 g/mol. The molecule has 0 saturated heterocycles. The second-order valence-electron chi connectivity index (χ2n) is 5.05. The molecule has 0 atom stereocenters. The number of hydrogen-bond donors (Lipinski definition) is 2. The van der Waals surface area contributed by atoms with Gasteiger partial charge in [-0.15, -0.1) is 0 Å². The van der Waals surface area contributed by atoms with E-state index in [9.17, 15) is 22.8 Å². The molecule has 1 aromatic carbocycles. The molecule has 0 radical (unpaired) electrons. The number of aromatic nitrogens is 2. The molecule has 0 aliphatic heterocycles. The van der Waals surface area contributed by atoms with Crippen LogP contribution in [0.4, 0.5) is 18.9 Å². The summed E-state index contributed by atoms with van der Waals surface area (Å²) in [5.74, 6) is -0.488. The third-order valence-electron chi connectivity index (χ3n) is 3.25. The van der Waals surface area contributed by atoms with E-state index in [2.05, 4.69) is 15.5 Å². The van der Waals surface area contributed by atoms with Crippen LogP contribution >= 0.6 is 0 Å². The number of H-pyrrole nitrogens is 1. The Morgan fingerprint density at radius 2 is 2.04 bits per heavy atom. The van der Waals surface area contributed by atoms with Crippen LogP contribution in [0.15, 0.2) is 35.1 Å². The average molecular weight is 355 g/mol. The summed E-state index contributed by atoms with van der Waals surface area (Å²) >= 11 is 0. The van der Waals surface area contributed by atoms with Crippen LogP contribution in [0, 0.1) is 0 Å². The maximum absolute atomic E-state index is 13.3. The van der Waals surface area contributed by atoms with Crippen LogP contribution in [0.3, 0.4) is 0 Å². The number of carbonyl (C=O) groups is 1. The molecule has 25 heavy (non-hydrogen) atoms. The van der Waals surface area contributed by atoms with E-state index in [0.717, 1.165) is 6.07 Å². The van der Waals surface area contributed by atoms with Crippen molar-refractivity contribution in [3.63, 3.8) is 0 Å². The number of alkyl halides is 3. The fourth-order valence-electron chi connectivity index (χ4n) is 2.13. The number of benzene rings is 1. The number of anilines is 1. The highest BCUT2D eigenvalue weighted by Gasteiger charge is 2.34. The van der Waals surface area contributed by atoms with E-state index in [1.54, 1.807) is 6.92 Å².